The zero-order chi connectivity index (χ0) is 14.5. The average molecular weight is 290 g/mol. The van der Waals surface area contributed by atoms with Crippen LogP contribution in [0.5, 0.6) is 0 Å². The van der Waals surface area contributed by atoms with Crippen LogP contribution in [-0.4, -0.2) is 28.7 Å². The number of anilines is 1. The molecule has 3 N–H and O–H groups in total. The number of aromatic nitrogens is 2. The van der Waals surface area contributed by atoms with Crippen molar-refractivity contribution in [3.8, 4) is 0 Å². The molecule has 0 bridgehead atoms. The van der Waals surface area contributed by atoms with E-state index in [0.717, 1.165) is 13.0 Å². The molecule has 2 fully saturated rings. The molecule has 1 atom stereocenters. The number of carbonyl (C=O) groups is 1. The van der Waals surface area contributed by atoms with E-state index in [9.17, 15) is 4.79 Å². The summed E-state index contributed by atoms with van der Waals surface area (Å²) >= 11 is 0. The minimum absolute atomic E-state index is 0.0633. The van der Waals surface area contributed by atoms with Crippen LogP contribution in [0.2, 0.25) is 0 Å². The highest BCUT2D eigenvalue weighted by Gasteiger charge is 2.20. The fourth-order valence-corrected chi connectivity index (χ4v) is 3.55. The summed E-state index contributed by atoms with van der Waals surface area (Å²) in [6.07, 6.45) is 10.6. The van der Waals surface area contributed by atoms with E-state index in [1.165, 1.54) is 50.6 Å². The van der Waals surface area contributed by atoms with Crippen molar-refractivity contribution in [2.45, 2.75) is 69.7 Å². The average Bonchev–Trinajstić information content (AvgIpc) is 3.05. The second-order valence-corrected chi connectivity index (χ2v) is 6.44. The highest BCUT2D eigenvalue weighted by molar-refractivity contribution is 5.90. The van der Waals surface area contributed by atoms with Gasteiger partial charge < -0.3 is 10.6 Å². The monoisotopic (exact) mass is 290 g/mol. The topological polar surface area (TPSA) is 69.8 Å². The molecule has 1 unspecified atom stereocenters. The van der Waals surface area contributed by atoms with Gasteiger partial charge in [0.15, 0.2) is 5.82 Å². The normalized spacial score (nSPS) is 23.9. The maximum atomic E-state index is 12.0. The Hall–Kier alpha value is -1.36. The SMILES string of the molecule is O=C(CC1CCCN1)Nc1cc(C2CCCCCC2)[nH]n1. The molecule has 1 aromatic heterocycles. The predicted molar refractivity (Wildman–Crippen MR) is 83.3 cm³/mol. The minimum atomic E-state index is 0.0633. The van der Waals surface area contributed by atoms with Gasteiger partial charge in [-0.1, -0.05) is 25.7 Å². The Morgan fingerprint density at radius 2 is 2.00 bits per heavy atom. The Bertz CT molecular complexity index is 457. The Labute approximate surface area is 126 Å². The third-order valence-corrected chi connectivity index (χ3v) is 4.75. The van der Waals surface area contributed by atoms with Crippen LogP contribution in [0.3, 0.4) is 0 Å². The smallest absolute Gasteiger partial charge is 0.227 e. The number of carbonyl (C=O) groups excluding carboxylic acids is 1. The summed E-state index contributed by atoms with van der Waals surface area (Å²) in [6, 6.07) is 2.36. The second-order valence-electron chi connectivity index (χ2n) is 6.44. The summed E-state index contributed by atoms with van der Waals surface area (Å²) in [5.74, 6) is 1.33. The van der Waals surface area contributed by atoms with Crippen LogP contribution in [0.1, 0.15) is 69.4 Å². The summed E-state index contributed by atoms with van der Waals surface area (Å²) in [7, 11) is 0. The summed E-state index contributed by atoms with van der Waals surface area (Å²) < 4.78 is 0. The van der Waals surface area contributed by atoms with Crippen molar-refractivity contribution in [1.82, 2.24) is 15.5 Å². The fraction of sp³-hybridized carbons (Fsp3) is 0.750. The van der Waals surface area contributed by atoms with E-state index in [2.05, 4.69) is 20.8 Å². The zero-order valence-corrected chi connectivity index (χ0v) is 12.7. The van der Waals surface area contributed by atoms with Crippen LogP contribution >= 0.6 is 0 Å². The quantitative estimate of drug-likeness (QED) is 0.747. The maximum absolute atomic E-state index is 12.0. The van der Waals surface area contributed by atoms with Crippen molar-refractivity contribution in [3.63, 3.8) is 0 Å². The number of hydrogen-bond acceptors (Lipinski definition) is 3. The number of hydrogen-bond donors (Lipinski definition) is 3. The maximum Gasteiger partial charge on any atom is 0.227 e. The number of nitrogens with one attached hydrogen (secondary N) is 3. The second kappa shape index (κ2) is 7.07. The van der Waals surface area contributed by atoms with Crippen LogP contribution in [-0.2, 0) is 4.79 Å². The van der Waals surface area contributed by atoms with E-state index in [1.807, 2.05) is 6.07 Å². The van der Waals surface area contributed by atoms with Crippen LogP contribution in [0.4, 0.5) is 5.82 Å². The molecule has 1 saturated heterocycles. The van der Waals surface area contributed by atoms with Crippen LogP contribution in [0.25, 0.3) is 0 Å². The van der Waals surface area contributed by atoms with Gasteiger partial charge in [-0.25, -0.2) is 0 Å². The molecule has 0 radical (unpaired) electrons. The highest BCUT2D eigenvalue weighted by Crippen LogP contribution is 2.31. The molecule has 5 nitrogen and oxygen atoms in total. The molecule has 1 aliphatic carbocycles. The molecular weight excluding hydrogens is 264 g/mol. The Morgan fingerprint density at radius 3 is 2.71 bits per heavy atom. The van der Waals surface area contributed by atoms with Crippen molar-refractivity contribution in [2.75, 3.05) is 11.9 Å². The lowest BCUT2D eigenvalue weighted by Crippen LogP contribution is -2.27. The molecule has 1 aliphatic heterocycles. The number of H-pyrrole nitrogens is 1. The molecule has 21 heavy (non-hydrogen) atoms. The Kier molecular flexibility index (Phi) is 4.91. The van der Waals surface area contributed by atoms with Crippen molar-refractivity contribution in [1.29, 1.82) is 0 Å². The standard InChI is InChI=1S/C16H26N4O/c21-16(10-13-8-5-9-17-13)18-15-11-14(19-20-15)12-6-3-1-2-4-7-12/h11-13,17H,1-10H2,(H2,18,19,20,21). The third-order valence-electron chi connectivity index (χ3n) is 4.75. The molecular formula is C16H26N4O. The van der Waals surface area contributed by atoms with E-state index in [1.54, 1.807) is 0 Å². The van der Waals surface area contributed by atoms with Crippen molar-refractivity contribution in [3.05, 3.63) is 11.8 Å². The van der Waals surface area contributed by atoms with Crippen molar-refractivity contribution >= 4 is 11.7 Å². The van der Waals surface area contributed by atoms with E-state index < -0.39 is 0 Å². The molecule has 1 aromatic rings. The third kappa shape index (κ3) is 4.06. The van der Waals surface area contributed by atoms with Gasteiger partial charge in [0.1, 0.15) is 0 Å². The van der Waals surface area contributed by atoms with Gasteiger partial charge in [0.2, 0.25) is 5.91 Å². The van der Waals surface area contributed by atoms with Gasteiger partial charge in [-0.3, -0.25) is 9.89 Å². The minimum Gasteiger partial charge on any atom is -0.313 e. The fourth-order valence-electron chi connectivity index (χ4n) is 3.55. The van der Waals surface area contributed by atoms with Crippen LogP contribution < -0.4 is 10.6 Å². The van der Waals surface area contributed by atoms with Crippen molar-refractivity contribution < 1.29 is 4.79 Å². The van der Waals surface area contributed by atoms with Gasteiger partial charge in [0, 0.05) is 30.1 Å². The van der Waals surface area contributed by atoms with Gasteiger partial charge >= 0.3 is 0 Å². The van der Waals surface area contributed by atoms with E-state index in [0.29, 0.717) is 24.2 Å². The number of aromatic amines is 1. The summed E-state index contributed by atoms with van der Waals surface area (Å²) in [5, 5.41) is 13.7. The molecule has 0 spiro atoms. The lowest BCUT2D eigenvalue weighted by molar-refractivity contribution is -0.116. The Morgan fingerprint density at radius 1 is 1.19 bits per heavy atom. The van der Waals surface area contributed by atoms with Crippen molar-refractivity contribution in [2.24, 2.45) is 0 Å². The lowest BCUT2D eigenvalue weighted by atomic mass is 9.97. The zero-order valence-electron chi connectivity index (χ0n) is 12.7. The summed E-state index contributed by atoms with van der Waals surface area (Å²) in [5.41, 5.74) is 1.19. The van der Waals surface area contributed by atoms with Gasteiger partial charge in [0.05, 0.1) is 0 Å². The molecule has 1 saturated carbocycles. The van der Waals surface area contributed by atoms with Gasteiger partial charge in [-0.2, -0.15) is 5.10 Å². The summed E-state index contributed by atoms with van der Waals surface area (Å²) in [4.78, 5) is 12.0. The van der Waals surface area contributed by atoms with E-state index >= 15 is 0 Å². The van der Waals surface area contributed by atoms with Crippen LogP contribution in [0, 0.1) is 0 Å². The first-order valence-corrected chi connectivity index (χ1v) is 8.40. The molecule has 0 aromatic carbocycles. The van der Waals surface area contributed by atoms with E-state index in [-0.39, 0.29) is 5.91 Å². The van der Waals surface area contributed by atoms with Crippen LogP contribution in [0.15, 0.2) is 6.07 Å². The molecule has 5 heteroatoms. The first-order valence-electron chi connectivity index (χ1n) is 8.40. The molecule has 3 rings (SSSR count). The van der Waals surface area contributed by atoms with E-state index in [4.69, 9.17) is 0 Å². The number of amides is 1. The molecule has 2 aliphatic rings. The highest BCUT2D eigenvalue weighted by atomic mass is 16.1. The number of rotatable bonds is 4. The molecule has 1 amide bonds. The first kappa shape index (κ1) is 14.6. The predicted octanol–water partition coefficient (Wildman–Crippen LogP) is 2.93. The largest absolute Gasteiger partial charge is 0.313 e. The van der Waals surface area contributed by atoms with Gasteiger partial charge in [-0.05, 0) is 32.2 Å². The molecule has 116 valence electrons. The Balaban J connectivity index is 1.52. The van der Waals surface area contributed by atoms with Gasteiger partial charge in [0.25, 0.3) is 0 Å². The van der Waals surface area contributed by atoms with Gasteiger partial charge in [-0.15, -0.1) is 0 Å². The number of nitrogens with zero attached hydrogens (tertiary/aromatic N) is 1. The molecule has 2 heterocycles. The summed E-state index contributed by atoms with van der Waals surface area (Å²) in [6.45, 7) is 1.03. The lowest BCUT2D eigenvalue weighted by Gasteiger charge is -2.10. The first-order chi connectivity index (χ1) is 10.3.